The van der Waals surface area contributed by atoms with Crippen molar-refractivity contribution in [3.8, 4) is 0 Å². The molecule has 1 aromatic heterocycles. The van der Waals surface area contributed by atoms with Crippen molar-refractivity contribution in [2.24, 2.45) is 0 Å². The molecule has 1 aliphatic rings. The lowest BCUT2D eigenvalue weighted by molar-refractivity contribution is 0.0601. The van der Waals surface area contributed by atoms with Gasteiger partial charge in [-0.2, -0.15) is 0 Å². The summed E-state index contributed by atoms with van der Waals surface area (Å²) < 4.78 is 0. The van der Waals surface area contributed by atoms with Crippen molar-refractivity contribution >= 4 is 29.0 Å². The van der Waals surface area contributed by atoms with Gasteiger partial charge in [-0.3, -0.25) is 4.79 Å². The smallest absolute Gasteiger partial charge is 0.274 e. The highest BCUT2D eigenvalue weighted by Crippen LogP contribution is 2.29. The zero-order chi connectivity index (χ0) is 18.7. The maximum atomic E-state index is 12.8. The molecule has 0 saturated carbocycles. The Labute approximate surface area is 159 Å². The van der Waals surface area contributed by atoms with E-state index in [1.165, 1.54) is 6.42 Å². The number of rotatable bonds is 4. The largest absolute Gasteiger partial charge is 0.338 e. The van der Waals surface area contributed by atoms with Gasteiger partial charge in [0.25, 0.3) is 5.91 Å². The van der Waals surface area contributed by atoms with Crippen LogP contribution in [-0.2, 0) is 0 Å². The van der Waals surface area contributed by atoms with Crippen LogP contribution in [0.25, 0.3) is 0 Å². The van der Waals surface area contributed by atoms with Gasteiger partial charge in [0.05, 0.1) is 23.1 Å². The second-order valence-electron chi connectivity index (χ2n) is 6.91. The first-order valence-electron chi connectivity index (χ1n) is 9.16. The molecule has 1 aromatic carbocycles. The van der Waals surface area contributed by atoms with Crippen LogP contribution in [0.3, 0.4) is 0 Å². The molecule has 1 unspecified atom stereocenters. The van der Waals surface area contributed by atoms with Crippen LogP contribution in [0.1, 0.15) is 54.2 Å². The first-order chi connectivity index (χ1) is 12.5. The third-order valence-electron chi connectivity index (χ3n) is 4.92. The van der Waals surface area contributed by atoms with Crippen LogP contribution < -0.4 is 5.32 Å². The molecule has 2 heterocycles. The number of aryl methyl sites for hydroxylation is 2. The fraction of sp³-hybridized carbons (Fsp3) is 0.450. The highest BCUT2D eigenvalue weighted by atomic mass is 35.5. The second-order valence-corrected chi connectivity index (χ2v) is 7.31. The van der Waals surface area contributed by atoms with Crippen molar-refractivity contribution in [1.29, 1.82) is 0 Å². The minimum Gasteiger partial charge on any atom is -0.338 e. The number of aromatic nitrogens is 2. The van der Waals surface area contributed by atoms with E-state index in [1.54, 1.807) is 12.4 Å². The fourth-order valence-electron chi connectivity index (χ4n) is 3.54. The summed E-state index contributed by atoms with van der Waals surface area (Å²) >= 11 is 6.33. The van der Waals surface area contributed by atoms with Gasteiger partial charge in [-0.25, -0.2) is 9.97 Å². The SMILES string of the molecule is CCC1CCCCN1C(=O)c1cnc(Nc2c(C)cc(C)cc2Cl)cn1. The minimum absolute atomic E-state index is 0.0276. The van der Waals surface area contributed by atoms with Gasteiger partial charge >= 0.3 is 0 Å². The van der Waals surface area contributed by atoms with E-state index in [2.05, 4.69) is 28.3 Å². The van der Waals surface area contributed by atoms with Gasteiger partial charge in [0.1, 0.15) is 11.5 Å². The molecule has 5 nitrogen and oxygen atoms in total. The van der Waals surface area contributed by atoms with E-state index in [9.17, 15) is 4.79 Å². The van der Waals surface area contributed by atoms with E-state index in [1.807, 2.05) is 24.8 Å². The lowest BCUT2D eigenvalue weighted by Gasteiger charge is -2.34. The van der Waals surface area contributed by atoms with Crippen LogP contribution in [0.5, 0.6) is 0 Å². The van der Waals surface area contributed by atoms with Crippen molar-refractivity contribution in [3.05, 3.63) is 46.4 Å². The summed E-state index contributed by atoms with van der Waals surface area (Å²) in [5, 5.41) is 3.85. The molecular weight excluding hydrogens is 348 g/mol. The monoisotopic (exact) mass is 372 g/mol. The maximum Gasteiger partial charge on any atom is 0.274 e. The molecule has 2 aromatic rings. The molecule has 1 saturated heterocycles. The molecule has 0 radical (unpaired) electrons. The lowest BCUT2D eigenvalue weighted by Crippen LogP contribution is -2.43. The molecule has 1 aliphatic heterocycles. The number of carbonyl (C=O) groups excluding carboxylic acids is 1. The molecule has 1 atom stereocenters. The molecule has 3 rings (SSSR count). The third kappa shape index (κ3) is 3.98. The first kappa shape index (κ1) is 18.6. The first-order valence-corrected chi connectivity index (χ1v) is 9.54. The van der Waals surface area contributed by atoms with Gasteiger partial charge in [0.2, 0.25) is 0 Å². The van der Waals surface area contributed by atoms with Crippen LogP contribution >= 0.6 is 11.6 Å². The number of hydrogen-bond donors (Lipinski definition) is 1. The second kappa shape index (κ2) is 8.04. The number of hydrogen-bond acceptors (Lipinski definition) is 4. The summed E-state index contributed by atoms with van der Waals surface area (Å²) in [6, 6.07) is 4.27. The van der Waals surface area contributed by atoms with Crippen LogP contribution in [0.15, 0.2) is 24.5 Å². The Morgan fingerprint density at radius 2 is 2.08 bits per heavy atom. The summed E-state index contributed by atoms with van der Waals surface area (Å²) in [6.45, 7) is 6.93. The van der Waals surface area contributed by atoms with E-state index >= 15 is 0 Å². The van der Waals surface area contributed by atoms with Gasteiger partial charge in [0, 0.05) is 12.6 Å². The van der Waals surface area contributed by atoms with Crippen molar-refractivity contribution < 1.29 is 4.79 Å². The van der Waals surface area contributed by atoms with Crippen LogP contribution in [0, 0.1) is 13.8 Å². The van der Waals surface area contributed by atoms with Gasteiger partial charge < -0.3 is 10.2 Å². The Morgan fingerprint density at radius 3 is 2.73 bits per heavy atom. The summed E-state index contributed by atoms with van der Waals surface area (Å²) in [6.07, 6.45) is 7.43. The molecule has 1 fully saturated rings. The Morgan fingerprint density at radius 1 is 1.27 bits per heavy atom. The number of piperidine rings is 1. The van der Waals surface area contributed by atoms with Crippen molar-refractivity contribution in [2.45, 2.75) is 52.5 Å². The van der Waals surface area contributed by atoms with Gasteiger partial charge in [0.15, 0.2) is 0 Å². The van der Waals surface area contributed by atoms with E-state index < -0.39 is 0 Å². The summed E-state index contributed by atoms with van der Waals surface area (Å²) in [4.78, 5) is 23.4. The standard InChI is InChI=1S/C20H25ClN4O/c1-4-15-7-5-6-8-25(15)20(26)17-11-23-18(12-22-17)24-19-14(3)9-13(2)10-16(19)21/h9-12,15H,4-8H2,1-3H3,(H,23,24). The Balaban J connectivity index is 1.75. The average molecular weight is 373 g/mol. The van der Waals surface area contributed by atoms with Gasteiger partial charge in [-0.1, -0.05) is 24.6 Å². The zero-order valence-corrected chi connectivity index (χ0v) is 16.3. The van der Waals surface area contributed by atoms with Crippen LogP contribution in [0.2, 0.25) is 5.02 Å². The molecule has 26 heavy (non-hydrogen) atoms. The van der Waals surface area contributed by atoms with Crippen LogP contribution in [-0.4, -0.2) is 33.4 Å². The van der Waals surface area contributed by atoms with E-state index in [0.717, 1.165) is 42.6 Å². The number of carbonyl (C=O) groups is 1. The number of nitrogens with one attached hydrogen (secondary N) is 1. The minimum atomic E-state index is -0.0276. The molecule has 6 heteroatoms. The fourth-order valence-corrected chi connectivity index (χ4v) is 3.91. The average Bonchev–Trinajstić information content (AvgIpc) is 2.64. The lowest BCUT2D eigenvalue weighted by atomic mass is 10.00. The zero-order valence-electron chi connectivity index (χ0n) is 15.6. The molecule has 0 spiro atoms. The van der Waals surface area contributed by atoms with E-state index in [0.29, 0.717) is 22.6 Å². The maximum absolute atomic E-state index is 12.8. The summed E-state index contributed by atoms with van der Waals surface area (Å²) in [5.41, 5.74) is 3.35. The van der Waals surface area contributed by atoms with Gasteiger partial charge in [-0.05, 0) is 56.7 Å². The summed E-state index contributed by atoms with van der Waals surface area (Å²) in [5.74, 6) is 0.543. The van der Waals surface area contributed by atoms with Crippen molar-refractivity contribution in [1.82, 2.24) is 14.9 Å². The Kier molecular flexibility index (Phi) is 5.77. The number of amides is 1. The number of likely N-dealkylation sites (tertiary alicyclic amines) is 1. The molecule has 1 amide bonds. The molecule has 0 aliphatic carbocycles. The third-order valence-corrected chi connectivity index (χ3v) is 5.21. The number of halogens is 1. The van der Waals surface area contributed by atoms with Crippen LogP contribution in [0.4, 0.5) is 11.5 Å². The highest BCUT2D eigenvalue weighted by molar-refractivity contribution is 6.33. The molecule has 1 N–H and O–H groups in total. The quantitative estimate of drug-likeness (QED) is 0.829. The Hall–Kier alpha value is -2.14. The van der Waals surface area contributed by atoms with E-state index in [4.69, 9.17) is 11.6 Å². The number of benzene rings is 1. The molecule has 138 valence electrons. The normalized spacial score (nSPS) is 17.2. The van der Waals surface area contributed by atoms with Gasteiger partial charge in [-0.15, -0.1) is 0 Å². The van der Waals surface area contributed by atoms with E-state index in [-0.39, 0.29) is 5.91 Å². The predicted octanol–water partition coefficient (Wildman–Crippen LogP) is 4.90. The summed E-state index contributed by atoms with van der Waals surface area (Å²) in [7, 11) is 0. The Bertz CT molecular complexity index is 768. The molecular formula is C20H25ClN4O. The molecule has 0 bridgehead atoms. The highest BCUT2D eigenvalue weighted by Gasteiger charge is 2.27. The number of nitrogens with zero attached hydrogens (tertiary/aromatic N) is 3. The van der Waals surface area contributed by atoms with Crippen molar-refractivity contribution in [3.63, 3.8) is 0 Å². The van der Waals surface area contributed by atoms with Crippen molar-refractivity contribution in [2.75, 3.05) is 11.9 Å². The predicted molar refractivity (Wildman–Crippen MR) is 105 cm³/mol. The number of anilines is 2. The topological polar surface area (TPSA) is 58.1 Å².